The first kappa shape index (κ1) is 50.5. The number of nitrogens with zero attached hydrogens (tertiary/aromatic N) is 2. The first-order valence-corrected chi connectivity index (χ1v) is 31.1. The Labute approximate surface area is 519 Å². The number of benzene rings is 13. The third kappa shape index (κ3) is 7.38. The number of anilines is 6. The van der Waals surface area contributed by atoms with Gasteiger partial charge in [-0.3, -0.25) is 0 Å². The monoisotopic (exact) mass is 1150 g/mol. The van der Waals surface area contributed by atoms with Crippen LogP contribution in [-0.2, 0) is 11.8 Å². The van der Waals surface area contributed by atoms with E-state index >= 15 is 0 Å². The number of hydrogen-bond acceptors (Lipinski definition) is 5. The van der Waals surface area contributed by atoms with Crippen LogP contribution in [0.4, 0.5) is 34.1 Å². The second kappa shape index (κ2) is 19.7. The minimum Gasteiger partial charge on any atom is -0.458 e. The Balaban J connectivity index is 0.892. The lowest BCUT2D eigenvalue weighted by atomic mass is 9.70. The van der Waals surface area contributed by atoms with Crippen LogP contribution in [0, 0.1) is 0 Å². The summed E-state index contributed by atoms with van der Waals surface area (Å²) in [5, 5.41) is 5.37. The quantitative estimate of drug-likeness (QED) is 0.144. The Morgan fingerprint density at radius 2 is 0.811 bits per heavy atom. The second-order valence-electron chi connectivity index (χ2n) is 24.1. The van der Waals surface area contributed by atoms with Crippen molar-refractivity contribution in [1.29, 1.82) is 0 Å². The van der Waals surface area contributed by atoms with Crippen molar-refractivity contribution in [2.45, 2.75) is 18.3 Å². The van der Waals surface area contributed by atoms with Gasteiger partial charge in [0.05, 0.1) is 16.8 Å². The molecule has 422 valence electrons. The fourth-order valence-electron chi connectivity index (χ4n) is 15.5. The maximum Gasteiger partial charge on any atom is 0.159 e. The van der Waals surface area contributed by atoms with Gasteiger partial charge < -0.3 is 23.1 Å². The van der Waals surface area contributed by atoms with Crippen LogP contribution in [0.3, 0.4) is 0 Å². The van der Waals surface area contributed by atoms with Gasteiger partial charge in [-0.15, -0.1) is 0 Å². The van der Waals surface area contributed by atoms with E-state index in [0.717, 1.165) is 147 Å². The smallest absolute Gasteiger partial charge is 0.159 e. The van der Waals surface area contributed by atoms with E-state index in [4.69, 9.17) is 13.3 Å². The molecule has 3 aliphatic rings. The van der Waals surface area contributed by atoms with Crippen molar-refractivity contribution in [2.75, 3.05) is 9.80 Å². The van der Waals surface area contributed by atoms with Crippen molar-refractivity contribution in [3.63, 3.8) is 0 Å². The number of hydrogen-bond donors (Lipinski definition) is 0. The number of allylic oxidation sites excluding steroid dienone is 1. The normalized spacial score (nSPS) is 13.3. The van der Waals surface area contributed by atoms with Crippen molar-refractivity contribution in [2.24, 2.45) is 0 Å². The molecule has 0 radical (unpaired) electrons. The molecule has 3 heterocycles. The lowest BCUT2D eigenvalue weighted by Crippen LogP contribution is -2.25. The van der Waals surface area contributed by atoms with Crippen LogP contribution in [0.2, 0.25) is 0 Å². The lowest BCUT2D eigenvalue weighted by molar-refractivity contribution is 0.546. The summed E-state index contributed by atoms with van der Waals surface area (Å²) in [6.45, 7) is 0. The zero-order valence-electron chi connectivity index (χ0n) is 48.9. The summed E-state index contributed by atoms with van der Waals surface area (Å²) >= 11 is 0. The molecule has 0 aliphatic heterocycles. The molecule has 3 aromatic heterocycles. The number of fused-ring (bicyclic) bond motifs is 20. The second-order valence-corrected chi connectivity index (χ2v) is 24.1. The summed E-state index contributed by atoms with van der Waals surface area (Å²) in [6.07, 6.45) is 6.28. The number of para-hydroxylation sites is 4. The van der Waals surface area contributed by atoms with Gasteiger partial charge in [0.25, 0.3) is 0 Å². The number of aryl methyl sites for hydroxylation is 1. The van der Waals surface area contributed by atoms with Crippen LogP contribution in [-0.4, -0.2) is 0 Å². The predicted molar refractivity (Wildman–Crippen MR) is 370 cm³/mol. The molecule has 0 bridgehead atoms. The highest BCUT2D eigenvalue weighted by molar-refractivity contribution is 6.19. The third-order valence-corrected chi connectivity index (χ3v) is 19.3. The molecule has 3 aliphatic carbocycles. The molecule has 13 aromatic carbocycles. The van der Waals surface area contributed by atoms with Crippen LogP contribution in [0.15, 0.2) is 311 Å². The molecular formula is C85H54N2O3. The predicted octanol–water partition coefficient (Wildman–Crippen LogP) is 23.5. The van der Waals surface area contributed by atoms with E-state index in [0.29, 0.717) is 0 Å². The van der Waals surface area contributed by atoms with Crippen LogP contribution in [0.1, 0.15) is 40.0 Å². The summed E-state index contributed by atoms with van der Waals surface area (Å²) < 4.78 is 21.5. The zero-order chi connectivity index (χ0) is 59.0. The van der Waals surface area contributed by atoms with Crippen LogP contribution in [0.25, 0.3) is 117 Å². The molecule has 0 saturated heterocycles. The van der Waals surface area contributed by atoms with E-state index in [9.17, 15) is 0 Å². The van der Waals surface area contributed by atoms with Gasteiger partial charge in [-0.05, 0) is 145 Å². The first-order valence-electron chi connectivity index (χ1n) is 31.1. The average molecular weight is 1150 g/mol. The average Bonchev–Trinajstić information content (AvgIpc) is 1.51. The summed E-state index contributed by atoms with van der Waals surface area (Å²) in [5.74, 6) is 1.01. The van der Waals surface area contributed by atoms with Gasteiger partial charge in [0.15, 0.2) is 11.2 Å². The van der Waals surface area contributed by atoms with Gasteiger partial charge in [-0.25, -0.2) is 0 Å². The highest BCUT2D eigenvalue weighted by atomic mass is 16.3. The van der Waals surface area contributed by atoms with E-state index in [2.05, 4.69) is 307 Å². The molecule has 0 atom stereocenters. The van der Waals surface area contributed by atoms with E-state index in [1.54, 1.807) is 0 Å². The molecule has 0 amide bonds. The van der Waals surface area contributed by atoms with Gasteiger partial charge in [-0.1, -0.05) is 237 Å². The van der Waals surface area contributed by atoms with Crippen molar-refractivity contribution in [3.8, 4) is 55.6 Å². The molecular weight excluding hydrogens is 1100 g/mol. The summed E-state index contributed by atoms with van der Waals surface area (Å²) in [7, 11) is 0. The van der Waals surface area contributed by atoms with E-state index in [-0.39, 0.29) is 0 Å². The zero-order valence-corrected chi connectivity index (χ0v) is 48.9. The van der Waals surface area contributed by atoms with Crippen molar-refractivity contribution >= 4 is 95.0 Å². The number of furan rings is 3. The Morgan fingerprint density at radius 1 is 0.311 bits per heavy atom. The topological polar surface area (TPSA) is 45.9 Å². The van der Waals surface area contributed by atoms with Crippen molar-refractivity contribution in [3.05, 3.63) is 331 Å². The fourth-order valence-corrected chi connectivity index (χ4v) is 15.5. The van der Waals surface area contributed by atoms with Gasteiger partial charge in [-0.2, -0.15) is 0 Å². The van der Waals surface area contributed by atoms with Gasteiger partial charge in [0, 0.05) is 67.2 Å². The van der Waals surface area contributed by atoms with Crippen LogP contribution in [0.5, 0.6) is 0 Å². The van der Waals surface area contributed by atoms with E-state index in [1.807, 2.05) is 6.07 Å². The molecule has 5 nitrogen and oxygen atoms in total. The maximum absolute atomic E-state index is 7.45. The van der Waals surface area contributed by atoms with Crippen molar-refractivity contribution < 1.29 is 13.3 Å². The third-order valence-electron chi connectivity index (χ3n) is 19.3. The maximum atomic E-state index is 7.45. The van der Waals surface area contributed by atoms with Crippen molar-refractivity contribution in [1.82, 2.24) is 0 Å². The summed E-state index contributed by atoms with van der Waals surface area (Å²) in [6, 6.07) is 106. The molecule has 19 rings (SSSR count). The minimum atomic E-state index is -0.502. The van der Waals surface area contributed by atoms with E-state index in [1.165, 1.54) is 44.5 Å². The molecule has 0 N–H and O–H groups in total. The molecule has 1 spiro atoms. The molecule has 0 fully saturated rings. The SMILES string of the molecule is C1=Cc2c(oc3c(N(c4ccc(-c5ccccc5)cc4)c4cc(-c5cccc6c5oc5ccc7c(c56)-c5ccccc5C75c6ccccc6-c6ccccc65)cc(N(c5ccc(-c6ccccc6)cc5)c5cccc6c5oc5ccccc56)c4)cccc23)CC1. The van der Waals surface area contributed by atoms with Crippen LogP contribution >= 0.6 is 0 Å². The Bertz CT molecular complexity index is 5570. The van der Waals surface area contributed by atoms with Gasteiger partial charge >= 0.3 is 0 Å². The lowest BCUT2D eigenvalue weighted by Gasteiger charge is -2.30. The highest BCUT2D eigenvalue weighted by Gasteiger charge is 2.52. The molecule has 16 aromatic rings. The fraction of sp³-hybridized carbons (Fsp3) is 0.0353. The standard InChI is InChI=1S/C85H54N2O3/c1-3-20-53(21-4-1)55-40-44-58(45-41-55)86(75-36-18-30-67-65-26-10-15-38-77(65)88-83(67)75)60-50-57(51-61(52-60)87(59-46-42-56(43-47-59)54-22-5-2-6-23-54)76-37-19-31-68-66-27-11-16-39-78(66)89-84(68)76)62-29-17-32-70-81-79(90-82(62)70)49-48-74-80(81)69-28-9-14-35-73(69)85(74)71-33-12-7-24-63(71)64-25-8-13-34-72(64)85/h1-15,17-38,40-52H,16,39H2. The molecule has 5 heteroatoms. The first-order chi connectivity index (χ1) is 44.6. The number of rotatable bonds is 9. The Kier molecular flexibility index (Phi) is 11.0. The molecule has 90 heavy (non-hydrogen) atoms. The summed E-state index contributed by atoms with van der Waals surface area (Å²) in [4.78, 5) is 4.76. The molecule has 0 saturated carbocycles. The largest absolute Gasteiger partial charge is 0.458 e. The summed E-state index contributed by atoms with van der Waals surface area (Å²) in [5.41, 5.74) is 27.1. The van der Waals surface area contributed by atoms with Gasteiger partial charge in [0.2, 0.25) is 0 Å². The highest BCUT2D eigenvalue weighted by Crippen LogP contribution is 2.64. The van der Waals surface area contributed by atoms with Crippen LogP contribution < -0.4 is 9.80 Å². The Hall–Kier alpha value is -11.7. The van der Waals surface area contributed by atoms with Gasteiger partial charge in [0.1, 0.15) is 22.5 Å². The van der Waals surface area contributed by atoms with E-state index < -0.39 is 5.41 Å². The minimum absolute atomic E-state index is 0.502. The molecule has 0 unspecified atom stereocenters. The Morgan fingerprint density at radius 3 is 1.47 bits per heavy atom.